The largest absolute Gasteiger partial charge is 0.378 e. The van der Waals surface area contributed by atoms with Crippen LogP contribution in [-0.2, 0) is 6.54 Å². The minimum absolute atomic E-state index is 0.704. The molecule has 0 spiro atoms. The number of thiophene rings is 1. The van der Waals surface area contributed by atoms with Gasteiger partial charge in [-0.25, -0.2) is 0 Å². The number of hydrogen-bond acceptors (Lipinski definition) is 3. The summed E-state index contributed by atoms with van der Waals surface area (Å²) in [6, 6.07) is 3.86. The number of anilines is 1. The first kappa shape index (κ1) is 9.49. The van der Waals surface area contributed by atoms with Gasteiger partial charge in [-0.3, -0.25) is 4.98 Å². The molecule has 0 aliphatic carbocycles. The Balaban J connectivity index is 2.02. The maximum Gasteiger partial charge on any atom is 0.0718 e. The Morgan fingerprint density at radius 2 is 2.36 bits per heavy atom. The van der Waals surface area contributed by atoms with Gasteiger partial charge in [-0.05, 0) is 28.5 Å². The van der Waals surface area contributed by atoms with Crippen molar-refractivity contribution in [2.45, 2.75) is 6.54 Å². The first-order chi connectivity index (χ1) is 6.86. The third-order valence-corrected chi connectivity index (χ3v) is 2.89. The molecule has 0 atom stereocenters. The fourth-order valence-electron chi connectivity index (χ4n) is 1.10. The van der Waals surface area contributed by atoms with Crippen LogP contribution in [0.25, 0.3) is 0 Å². The highest BCUT2D eigenvalue weighted by atomic mass is 35.5. The Kier molecular flexibility index (Phi) is 3.01. The van der Waals surface area contributed by atoms with Crippen molar-refractivity contribution >= 4 is 28.6 Å². The van der Waals surface area contributed by atoms with Crippen molar-refractivity contribution in [1.29, 1.82) is 0 Å². The fourth-order valence-corrected chi connectivity index (χ4v) is 1.94. The normalized spacial score (nSPS) is 10.1. The quantitative estimate of drug-likeness (QED) is 0.865. The van der Waals surface area contributed by atoms with Gasteiger partial charge in [0, 0.05) is 12.7 Å². The Morgan fingerprint density at radius 1 is 1.43 bits per heavy atom. The summed E-state index contributed by atoms with van der Waals surface area (Å²) in [6.45, 7) is 0.787. The molecule has 1 N–H and O–H groups in total. The summed E-state index contributed by atoms with van der Waals surface area (Å²) < 4.78 is 0. The number of nitrogens with zero attached hydrogens (tertiary/aromatic N) is 1. The molecule has 14 heavy (non-hydrogen) atoms. The van der Waals surface area contributed by atoms with Crippen molar-refractivity contribution in [3.8, 4) is 0 Å². The van der Waals surface area contributed by atoms with Crippen LogP contribution in [0, 0.1) is 0 Å². The molecular formula is C10H9ClN2S. The zero-order valence-corrected chi connectivity index (χ0v) is 8.98. The molecule has 0 amide bonds. The maximum atomic E-state index is 5.96. The van der Waals surface area contributed by atoms with Crippen LogP contribution in [-0.4, -0.2) is 4.98 Å². The molecule has 2 aromatic heterocycles. The average molecular weight is 225 g/mol. The smallest absolute Gasteiger partial charge is 0.0718 e. The Hall–Kier alpha value is -1.06. The number of hydrogen-bond donors (Lipinski definition) is 1. The van der Waals surface area contributed by atoms with E-state index in [1.54, 1.807) is 29.8 Å². The number of rotatable bonds is 3. The van der Waals surface area contributed by atoms with E-state index in [9.17, 15) is 0 Å². The minimum atomic E-state index is 0.704. The van der Waals surface area contributed by atoms with E-state index in [2.05, 4.69) is 27.1 Å². The molecule has 0 saturated carbocycles. The van der Waals surface area contributed by atoms with Crippen LogP contribution in [0.2, 0.25) is 5.02 Å². The highest BCUT2D eigenvalue weighted by Gasteiger charge is 1.98. The summed E-state index contributed by atoms with van der Waals surface area (Å²) in [5.74, 6) is 0. The van der Waals surface area contributed by atoms with Crippen molar-refractivity contribution in [2.75, 3.05) is 5.32 Å². The molecule has 2 nitrogen and oxygen atoms in total. The molecule has 0 bridgehead atoms. The second kappa shape index (κ2) is 4.44. The van der Waals surface area contributed by atoms with Crippen molar-refractivity contribution < 1.29 is 0 Å². The molecule has 0 unspecified atom stereocenters. The summed E-state index contributed by atoms with van der Waals surface area (Å²) in [4.78, 5) is 4.00. The van der Waals surface area contributed by atoms with Gasteiger partial charge in [-0.1, -0.05) is 11.6 Å². The van der Waals surface area contributed by atoms with Crippen molar-refractivity contribution in [3.63, 3.8) is 0 Å². The highest BCUT2D eigenvalue weighted by molar-refractivity contribution is 7.07. The molecule has 0 aromatic carbocycles. The third-order valence-electron chi connectivity index (χ3n) is 1.83. The van der Waals surface area contributed by atoms with E-state index in [-0.39, 0.29) is 0 Å². The number of halogens is 1. The van der Waals surface area contributed by atoms with Gasteiger partial charge in [0.2, 0.25) is 0 Å². The lowest BCUT2D eigenvalue weighted by Gasteiger charge is -2.05. The predicted octanol–water partition coefficient (Wildman–Crippen LogP) is 3.41. The van der Waals surface area contributed by atoms with E-state index in [1.807, 2.05) is 0 Å². The summed E-state index contributed by atoms with van der Waals surface area (Å²) in [6.07, 6.45) is 3.41. The first-order valence-electron chi connectivity index (χ1n) is 4.21. The second-order valence-electron chi connectivity index (χ2n) is 2.84. The molecule has 0 aliphatic rings. The van der Waals surface area contributed by atoms with E-state index in [0.717, 1.165) is 12.2 Å². The van der Waals surface area contributed by atoms with Crippen LogP contribution in [0.4, 0.5) is 5.69 Å². The standard InChI is InChI=1S/C10H9ClN2S/c11-9-1-3-12-6-10(9)13-5-8-2-4-14-7-8/h1-4,6-7,13H,5H2. The lowest BCUT2D eigenvalue weighted by Crippen LogP contribution is -1.98. The molecule has 2 aromatic rings. The zero-order valence-electron chi connectivity index (χ0n) is 7.40. The van der Waals surface area contributed by atoms with Crippen LogP contribution in [0.15, 0.2) is 35.3 Å². The molecular weight excluding hydrogens is 216 g/mol. The third kappa shape index (κ3) is 2.25. The van der Waals surface area contributed by atoms with Gasteiger partial charge in [0.25, 0.3) is 0 Å². The molecule has 2 heterocycles. The van der Waals surface area contributed by atoms with Gasteiger partial charge in [0.1, 0.15) is 0 Å². The zero-order chi connectivity index (χ0) is 9.80. The Morgan fingerprint density at radius 3 is 3.07 bits per heavy atom. The Bertz CT molecular complexity index is 400. The highest BCUT2D eigenvalue weighted by Crippen LogP contribution is 2.20. The van der Waals surface area contributed by atoms with Crippen LogP contribution < -0.4 is 5.32 Å². The van der Waals surface area contributed by atoms with Crippen LogP contribution in [0.1, 0.15) is 5.56 Å². The van der Waals surface area contributed by atoms with E-state index < -0.39 is 0 Å². The fraction of sp³-hybridized carbons (Fsp3) is 0.100. The van der Waals surface area contributed by atoms with Gasteiger partial charge in [0.05, 0.1) is 16.9 Å². The number of pyridine rings is 1. The lowest BCUT2D eigenvalue weighted by molar-refractivity contribution is 1.15. The summed E-state index contributed by atoms with van der Waals surface area (Å²) in [7, 11) is 0. The predicted molar refractivity (Wildman–Crippen MR) is 60.9 cm³/mol. The summed E-state index contributed by atoms with van der Waals surface area (Å²) >= 11 is 7.65. The van der Waals surface area contributed by atoms with Crippen LogP contribution in [0.3, 0.4) is 0 Å². The SMILES string of the molecule is Clc1ccncc1NCc1ccsc1. The first-order valence-corrected chi connectivity index (χ1v) is 5.53. The van der Waals surface area contributed by atoms with Crippen LogP contribution >= 0.6 is 22.9 Å². The molecule has 0 aliphatic heterocycles. The van der Waals surface area contributed by atoms with Crippen molar-refractivity contribution in [3.05, 3.63) is 45.9 Å². The summed E-state index contributed by atoms with van der Waals surface area (Å²) in [5.41, 5.74) is 2.13. The number of aromatic nitrogens is 1. The number of nitrogens with one attached hydrogen (secondary N) is 1. The lowest BCUT2D eigenvalue weighted by atomic mass is 10.3. The molecule has 0 radical (unpaired) electrons. The van der Waals surface area contributed by atoms with Crippen LogP contribution in [0.5, 0.6) is 0 Å². The van der Waals surface area contributed by atoms with Gasteiger partial charge in [-0.2, -0.15) is 11.3 Å². The van der Waals surface area contributed by atoms with Crippen molar-refractivity contribution in [1.82, 2.24) is 4.98 Å². The topological polar surface area (TPSA) is 24.9 Å². The van der Waals surface area contributed by atoms with Crippen molar-refractivity contribution in [2.24, 2.45) is 0 Å². The van der Waals surface area contributed by atoms with E-state index in [0.29, 0.717) is 5.02 Å². The van der Waals surface area contributed by atoms with E-state index in [4.69, 9.17) is 11.6 Å². The van der Waals surface area contributed by atoms with E-state index in [1.165, 1.54) is 5.56 Å². The van der Waals surface area contributed by atoms with Gasteiger partial charge >= 0.3 is 0 Å². The van der Waals surface area contributed by atoms with Gasteiger partial charge < -0.3 is 5.32 Å². The van der Waals surface area contributed by atoms with E-state index >= 15 is 0 Å². The molecule has 72 valence electrons. The monoisotopic (exact) mass is 224 g/mol. The Labute approximate surface area is 91.6 Å². The molecule has 4 heteroatoms. The van der Waals surface area contributed by atoms with Gasteiger partial charge in [0.15, 0.2) is 0 Å². The molecule has 2 rings (SSSR count). The minimum Gasteiger partial charge on any atom is -0.378 e. The average Bonchev–Trinajstić information content (AvgIpc) is 2.69. The second-order valence-corrected chi connectivity index (χ2v) is 4.03. The molecule has 0 saturated heterocycles. The summed E-state index contributed by atoms with van der Waals surface area (Å²) in [5, 5.41) is 8.10. The maximum absolute atomic E-state index is 5.96. The molecule has 0 fully saturated rings. The van der Waals surface area contributed by atoms with Gasteiger partial charge in [-0.15, -0.1) is 0 Å².